The lowest BCUT2D eigenvalue weighted by Gasteiger charge is -2.28. The number of aryl methyl sites for hydroxylation is 1. The molecule has 0 saturated carbocycles. The van der Waals surface area contributed by atoms with Gasteiger partial charge in [-0.3, -0.25) is 0 Å². The maximum absolute atomic E-state index is 3.63. The van der Waals surface area contributed by atoms with Gasteiger partial charge in [0.2, 0.25) is 0 Å². The summed E-state index contributed by atoms with van der Waals surface area (Å²) in [4.78, 5) is 0. The van der Waals surface area contributed by atoms with Crippen molar-refractivity contribution >= 4 is 0 Å². The van der Waals surface area contributed by atoms with Gasteiger partial charge in [0, 0.05) is 30.5 Å². The van der Waals surface area contributed by atoms with E-state index in [9.17, 15) is 0 Å². The predicted molar refractivity (Wildman–Crippen MR) is 75.3 cm³/mol. The molecule has 0 aliphatic rings. The van der Waals surface area contributed by atoms with Crippen LogP contribution in [0.5, 0.6) is 0 Å². The molecular weight excluding hydrogens is 208 g/mol. The lowest BCUT2D eigenvalue weighted by atomic mass is 9.88. The van der Waals surface area contributed by atoms with Crippen LogP contribution in [-0.2, 0) is 13.1 Å². The van der Waals surface area contributed by atoms with Crippen LogP contribution >= 0.6 is 0 Å². The minimum absolute atomic E-state index is 0.316. The molecule has 2 nitrogen and oxygen atoms in total. The fourth-order valence-corrected chi connectivity index (χ4v) is 2.11. The second kappa shape index (κ2) is 5.26. The molecule has 1 N–H and O–H groups in total. The Kier molecular flexibility index (Phi) is 4.42. The summed E-state index contributed by atoms with van der Waals surface area (Å²) < 4.78 is 2.37. The topological polar surface area (TPSA) is 17.0 Å². The second-order valence-corrected chi connectivity index (χ2v) is 6.11. The zero-order valence-corrected chi connectivity index (χ0v) is 12.5. The van der Waals surface area contributed by atoms with Crippen molar-refractivity contribution in [2.75, 3.05) is 0 Å². The Morgan fingerprint density at radius 1 is 1.29 bits per heavy atom. The monoisotopic (exact) mass is 236 g/mol. The van der Waals surface area contributed by atoms with Gasteiger partial charge in [0.1, 0.15) is 0 Å². The minimum Gasteiger partial charge on any atom is -0.349 e. The van der Waals surface area contributed by atoms with E-state index < -0.39 is 0 Å². The van der Waals surface area contributed by atoms with E-state index in [1.807, 2.05) is 0 Å². The summed E-state index contributed by atoms with van der Waals surface area (Å²) in [6, 6.07) is 2.83. The van der Waals surface area contributed by atoms with Gasteiger partial charge in [0.15, 0.2) is 0 Å². The Morgan fingerprint density at radius 2 is 1.88 bits per heavy atom. The number of nitrogens with zero attached hydrogens (tertiary/aromatic N) is 1. The molecule has 2 heteroatoms. The van der Waals surface area contributed by atoms with Crippen LogP contribution in [0.15, 0.2) is 6.07 Å². The van der Waals surface area contributed by atoms with Crippen LogP contribution in [0.2, 0.25) is 0 Å². The number of nitrogens with one attached hydrogen (secondary N) is 1. The van der Waals surface area contributed by atoms with Crippen LogP contribution in [0.4, 0.5) is 0 Å². The van der Waals surface area contributed by atoms with Crippen LogP contribution in [0, 0.1) is 19.3 Å². The predicted octanol–water partition coefficient (Wildman–Crippen LogP) is 3.65. The van der Waals surface area contributed by atoms with Crippen LogP contribution in [-0.4, -0.2) is 10.6 Å². The largest absolute Gasteiger partial charge is 0.349 e. The number of hydrogen-bond donors (Lipinski definition) is 1. The molecule has 1 unspecified atom stereocenters. The van der Waals surface area contributed by atoms with E-state index in [1.165, 1.54) is 17.0 Å². The summed E-state index contributed by atoms with van der Waals surface area (Å²) in [6.07, 6.45) is 0. The van der Waals surface area contributed by atoms with E-state index in [2.05, 4.69) is 64.4 Å². The fraction of sp³-hybridized carbons (Fsp3) is 0.733. The average Bonchev–Trinajstić information content (AvgIpc) is 2.48. The molecule has 0 spiro atoms. The van der Waals surface area contributed by atoms with E-state index in [0.717, 1.165) is 13.1 Å². The van der Waals surface area contributed by atoms with E-state index in [-0.39, 0.29) is 0 Å². The van der Waals surface area contributed by atoms with Gasteiger partial charge in [0.25, 0.3) is 0 Å². The molecule has 1 atom stereocenters. The molecule has 0 amide bonds. The Bertz CT molecular complexity index is 369. The zero-order chi connectivity index (χ0) is 13.2. The van der Waals surface area contributed by atoms with Gasteiger partial charge in [-0.25, -0.2) is 0 Å². The molecular formula is C15H28N2. The van der Waals surface area contributed by atoms with Gasteiger partial charge in [-0.1, -0.05) is 20.8 Å². The minimum atomic E-state index is 0.316. The van der Waals surface area contributed by atoms with Crippen LogP contribution in [0.3, 0.4) is 0 Å². The lowest BCUT2D eigenvalue weighted by molar-refractivity contribution is 0.285. The molecule has 0 aliphatic carbocycles. The molecule has 1 rings (SSSR count). The fourth-order valence-electron chi connectivity index (χ4n) is 2.11. The lowest BCUT2D eigenvalue weighted by Crippen LogP contribution is -2.37. The molecule has 98 valence electrons. The van der Waals surface area contributed by atoms with Crippen LogP contribution in [0.1, 0.15) is 51.6 Å². The molecule has 0 saturated heterocycles. The highest BCUT2D eigenvalue weighted by atomic mass is 15.0. The van der Waals surface area contributed by atoms with Gasteiger partial charge in [0.05, 0.1) is 0 Å². The maximum atomic E-state index is 3.63. The Hall–Kier alpha value is -0.760. The van der Waals surface area contributed by atoms with Gasteiger partial charge < -0.3 is 9.88 Å². The molecule has 0 bridgehead atoms. The van der Waals surface area contributed by atoms with Crippen molar-refractivity contribution in [1.29, 1.82) is 0 Å². The number of aromatic nitrogens is 1. The first-order valence-electron chi connectivity index (χ1n) is 6.66. The molecule has 1 heterocycles. The third-order valence-corrected chi connectivity index (χ3v) is 3.89. The van der Waals surface area contributed by atoms with Gasteiger partial charge in [-0.05, 0) is 44.7 Å². The highest BCUT2D eigenvalue weighted by molar-refractivity contribution is 5.26. The van der Waals surface area contributed by atoms with Crippen molar-refractivity contribution in [3.8, 4) is 0 Å². The number of hydrogen-bond acceptors (Lipinski definition) is 1. The number of rotatable bonds is 4. The van der Waals surface area contributed by atoms with Crippen molar-refractivity contribution < 1.29 is 0 Å². The molecule has 0 aliphatic heterocycles. The standard InChI is InChI=1S/C15H28N2/c1-8-17-11(2)9-14(12(17)3)10-16-13(4)15(5,6)7/h9,13,16H,8,10H2,1-7H3. The first kappa shape index (κ1) is 14.3. The first-order valence-corrected chi connectivity index (χ1v) is 6.66. The van der Waals surface area contributed by atoms with Crippen molar-refractivity contribution in [2.24, 2.45) is 5.41 Å². The van der Waals surface area contributed by atoms with E-state index in [4.69, 9.17) is 0 Å². The average molecular weight is 236 g/mol. The smallest absolute Gasteiger partial charge is 0.0226 e. The summed E-state index contributed by atoms with van der Waals surface area (Å²) in [6.45, 7) is 17.7. The SMILES string of the molecule is CCn1c(C)cc(CNC(C)C(C)(C)C)c1C. The molecule has 17 heavy (non-hydrogen) atoms. The van der Waals surface area contributed by atoms with Gasteiger partial charge >= 0.3 is 0 Å². The van der Waals surface area contributed by atoms with Crippen molar-refractivity contribution in [3.63, 3.8) is 0 Å². The molecule has 0 aromatic carbocycles. The molecule has 1 aromatic heterocycles. The van der Waals surface area contributed by atoms with Crippen LogP contribution in [0.25, 0.3) is 0 Å². The summed E-state index contributed by atoms with van der Waals surface area (Å²) in [5.41, 5.74) is 4.51. The van der Waals surface area contributed by atoms with E-state index >= 15 is 0 Å². The summed E-state index contributed by atoms with van der Waals surface area (Å²) in [5, 5.41) is 3.63. The van der Waals surface area contributed by atoms with E-state index in [0.29, 0.717) is 11.5 Å². The summed E-state index contributed by atoms with van der Waals surface area (Å²) >= 11 is 0. The molecule has 0 radical (unpaired) electrons. The van der Waals surface area contributed by atoms with Crippen molar-refractivity contribution in [3.05, 3.63) is 23.0 Å². The Morgan fingerprint density at radius 3 is 2.29 bits per heavy atom. The third-order valence-electron chi connectivity index (χ3n) is 3.89. The van der Waals surface area contributed by atoms with Gasteiger partial charge in [-0.15, -0.1) is 0 Å². The first-order chi connectivity index (χ1) is 7.77. The molecule has 1 aromatic rings. The third kappa shape index (κ3) is 3.35. The second-order valence-electron chi connectivity index (χ2n) is 6.11. The normalized spacial score (nSPS) is 14.1. The zero-order valence-electron chi connectivity index (χ0n) is 12.5. The Balaban J connectivity index is 2.71. The quantitative estimate of drug-likeness (QED) is 0.844. The van der Waals surface area contributed by atoms with Crippen molar-refractivity contribution in [1.82, 2.24) is 9.88 Å². The maximum Gasteiger partial charge on any atom is 0.0226 e. The highest BCUT2D eigenvalue weighted by Gasteiger charge is 2.19. The summed E-state index contributed by atoms with van der Waals surface area (Å²) in [5.74, 6) is 0. The molecule has 0 fully saturated rings. The van der Waals surface area contributed by atoms with Crippen molar-refractivity contribution in [2.45, 2.75) is 67.6 Å². The van der Waals surface area contributed by atoms with Crippen LogP contribution < -0.4 is 5.32 Å². The van der Waals surface area contributed by atoms with Gasteiger partial charge in [-0.2, -0.15) is 0 Å². The highest BCUT2D eigenvalue weighted by Crippen LogP contribution is 2.20. The summed E-state index contributed by atoms with van der Waals surface area (Å²) in [7, 11) is 0. The Labute approximate surface area is 106 Å². The van der Waals surface area contributed by atoms with E-state index in [1.54, 1.807) is 0 Å².